The molecule has 0 aromatic heterocycles. The van der Waals surface area contributed by atoms with Crippen LogP contribution in [0, 0.1) is 3.57 Å². The van der Waals surface area contributed by atoms with Crippen LogP contribution in [0.15, 0.2) is 24.3 Å². The van der Waals surface area contributed by atoms with E-state index in [1.54, 1.807) is 0 Å². The van der Waals surface area contributed by atoms with E-state index in [9.17, 15) is 9.59 Å². The Morgan fingerprint density at radius 3 is 2.80 bits per heavy atom. The van der Waals surface area contributed by atoms with Gasteiger partial charge in [-0.2, -0.15) is 0 Å². The summed E-state index contributed by atoms with van der Waals surface area (Å²) in [6.45, 7) is 0.593. The molecule has 6 heteroatoms. The second kappa shape index (κ2) is 7.03. The summed E-state index contributed by atoms with van der Waals surface area (Å²) < 4.78 is 6.35. The number of nitrogens with two attached hydrogens (primary N) is 1. The Hall–Kier alpha value is -1.15. The molecule has 2 atom stereocenters. The molecule has 0 saturated carbocycles. The fourth-order valence-corrected chi connectivity index (χ4v) is 2.76. The highest BCUT2D eigenvalue weighted by atomic mass is 127. The molecular weight excluding hydrogens is 371 g/mol. The highest BCUT2D eigenvalue weighted by Gasteiger charge is 2.27. The topological polar surface area (TPSA) is 81.4 Å². The van der Waals surface area contributed by atoms with Gasteiger partial charge in [-0.25, -0.2) is 0 Å². The maximum atomic E-state index is 12.0. The first-order chi connectivity index (χ1) is 9.58. The quantitative estimate of drug-likeness (QED) is 0.739. The molecule has 0 radical (unpaired) electrons. The van der Waals surface area contributed by atoms with E-state index in [0.717, 1.165) is 15.6 Å². The van der Waals surface area contributed by atoms with Crippen molar-refractivity contribution in [3.8, 4) is 0 Å². The van der Waals surface area contributed by atoms with Crippen LogP contribution < -0.4 is 11.1 Å². The zero-order chi connectivity index (χ0) is 14.5. The van der Waals surface area contributed by atoms with Crippen LogP contribution >= 0.6 is 22.6 Å². The molecule has 5 nitrogen and oxygen atoms in total. The van der Waals surface area contributed by atoms with Gasteiger partial charge in [0.25, 0.3) is 0 Å². The third kappa shape index (κ3) is 3.92. The summed E-state index contributed by atoms with van der Waals surface area (Å²) in [5.41, 5.74) is 6.37. The van der Waals surface area contributed by atoms with Crippen molar-refractivity contribution in [2.45, 2.75) is 31.4 Å². The summed E-state index contributed by atoms with van der Waals surface area (Å²) in [5, 5.41) is 2.69. The zero-order valence-corrected chi connectivity index (χ0v) is 13.1. The number of ether oxygens (including phenoxy) is 1. The van der Waals surface area contributed by atoms with Crippen molar-refractivity contribution < 1.29 is 14.3 Å². The van der Waals surface area contributed by atoms with Gasteiger partial charge >= 0.3 is 0 Å². The minimum Gasteiger partial charge on any atom is -0.368 e. The van der Waals surface area contributed by atoms with E-state index in [2.05, 4.69) is 27.9 Å². The molecule has 0 bridgehead atoms. The minimum atomic E-state index is -0.706. The van der Waals surface area contributed by atoms with E-state index >= 15 is 0 Å². The fourth-order valence-electron chi connectivity index (χ4n) is 2.16. The average molecular weight is 388 g/mol. The number of carbonyl (C=O) groups excluding carboxylic acids is 2. The summed E-state index contributed by atoms with van der Waals surface area (Å²) >= 11 is 2.20. The Morgan fingerprint density at radius 1 is 1.45 bits per heavy atom. The maximum absolute atomic E-state index is 12.0. The maximum Gasteiger partial charge on any atom is 0.249 e. The van der Waals surface area contributed by atoms with Gasteiger partial charge in [-0.05, 0) is 47.1 Å². The van der Waals surface area contributed by atoms with E-state index in [4.69, 9.17) is 10.5 Å². The van der Waals surface area contributed by atoms with Crippen molar-refractivity contribution in [1.29, 1.82) is 0 Å². The number of halogens is 1. The van der Waals surface area contributed by atoms with Crippen molar-refractivity contribution in [2.75, 3.05) is 6.61 Å². The van der Waals surface area contributed by atoms with Crippen molar-refractivity contribution in [3.63, 3.8) is 0 Å². The van der Waals surface area contributed by atoms with Gasteiger partial charge < -0.3 is 15.8 Å². The van der Waals surface area contributed by atoms with Crippen molar-refractivity contribution in [3.05, 3.63) is 33.4 Å². The Bertz CT molecular complexity index is 501. The first-order valence-corrected chi connectivity index (χ1v) is 7.60. The Kier molecular flexibility index (Phi) is 5.36. The summed E-state index contributed by atoms with van der Waals surface area (Å²) in [4.78, 5) is 23.5. The monoisotopic (exact) mass is 388 g/mol. The van der Waals surface area contributed by atoms with Crippen LogP contribution in [0.2, 0.25) is 0 Å². The number of rotatable bonds is 5. The predicted molar refractivity (Wildman–Crippen MR) is 83.0 cm³/mol. The molecule has 1 aromatic carbocycles. The second-order valence-corrected chi connectivity index (χ2v) is 5.92. The van der Waals surface area contributed by atoms with E-state index in [1.807, 2.05) is 24.3 Å². The summed E-state index contributed by atoms with van der Waals surface area (Å²) in [6, 6.07) is 7.00. The summed E-state index contributed by atoms with van der Waals surface area (Å²) in [6.07, 6.45) is 1.51. The molecule has 1 heterocycles. The fraction of sp³-hybridized carbons (Fsp3) is 0.429. The van der Waals surface area contributed by atoms with Gasteiger partial charge in [0.15, 0.2) is 0 Å². The Labute approximate surface area is 131 Å². The molecule has 2 rings (SSSR count). The lowest BCUT2D eigenvalue weighted by atomic mass is 10.0. The van der Waals surface area contributed by atoms with E-state index in [0.29, 0.717) is 19.4 Å². The molecule has 0 aliphatic carbocycles. The SMILES string of the molecule is NC(=O)[C@H](Cc1ccccc1I)NC(=O)[C@H]1CCCO1. The third-order valence-electron chi connectivity index (χ3n) is 3.26. The molecule has 1 saturated heterocycles. The molecule has 3 N–H and O–H groups in total. The lowest BCUT2D eigenvalue weighted by Gasteiger charge is -2.18. The number of primary amides is 1. The molecule has 2 amide bonds. The van der Waals surface area contributed by atoms with Gasteiger partial charge in [-0.15, -0.1) is 0 Å². The van der Waals surface area contributed by atoms with Crippen LogP contribution in [0.25, 0.3) is 0 Å². The van der Waals surface area contributed by atoms with Crippen LogP contribution in [-0.4, -0.2) is 30.6 Å². The van der Waals surface area contributed by atoms with E-state index in [1.165, 1.54) is 0 Å². The molecule has 20 heavy (non-hydrogen) atoms. The number of benzene rings is 1. The molecule has 1 aliphatic heterocycles. The third-order valence-corrected chi connectivity index (χ3v) is 4.32. The van der Waals surface area contributed by atoms with E-state index in [-0.39, 0.29) is 5.91 Å². The zero-order valence-electron chi connectivity index (χ0n) is 11.0. The van der Waals surface area contributed by atoms with Crippen molar-refractivity contribution in [2.24, 2.45) is 5.73 Å². The molecule has 0 spiro atoms. The van der Waals surface area contributed by atoms with Gasteiger partial charge in [0.2, 0.25) is 11.8 Å². The van der Waals surface area contributed by atoms with Gasteiger partial charge in [0.1, 0.15) is 12.1 Å². The van der Waals surface area contributed by atoms with Crippen LogP contribution in [0.4, 0.5) is 0 Å². The summed E-state index contributed by atoms with van der Waals surface area (Å²) in [7, 11) is 0. The highest BCUT2D eigenvalue weighted by molar-refractivity contribution is 14.1. The van der Waals surface area contributed by atoms with Crippen molar-refractivity contribution in [1.82, 2.24) is 5.32 Å². The summed E-state index contributed by atoms with van der Waals surface area (Å²) in [5.74, 6) is -0.784. The number of amides is 2. The largest absolute Gasteiger partial charge is 0.368 e. The molecule has 1 fully saturated rings. The number of carbonyl (C=O) groups is 2. The molecular formula is C14H17IN2O3. The first-order valence-electron chi connectivity index (χ1n) is 6.52. The number of hydrogen-bond donors (Lipinski definition) is 2. The minimum absolute atomic E-state index is 0.253. The predicted octanol–water partition coefficient (Wildman–Crippen LogP) is 0.983. The standard InChI is InChI=1S/C14H17IN2O3/c15-10-5-2-1-4-9(10)8-11(13(16)18)17-14(19)12-6-3-7-20-12/h1-2,4-5,11-12H,3,6-8H2,(H2,16,18)(H,17,19)/t11-,12+/m0/s1. The van der Waals surface area contributed by atoms with Crippen molar-refractivity contribution >= 4 is 34.4 Å². The molecule has 108 valence electrons. The van der Waals surface area contributed by atoms with Gasteiger partial charge in [-0.3, -0.25) is 9.59 Å². The van der Waals surface area contributed by atoms with Gasteiger partial charge in [0, 0.05) is 16.6 Å². The van der Waals surface area contributed by atoms with Crippen LogP contribution in [0.1, 0.15) is 18.4 Å². The molecule has 1 aliphatic rings. The second-order valence-electron chi connectivity index (χ2n) is 4.76. The number of nitrogens with one attached hydrogen (secondary N) is 1. The van der Waals surface area contributed by atoms with Gasteiger partial charge in [0.05, 0.1) is 0 Å². The molecule has 0 unspecified atom stereocenters. The smallest absolute Gasteiger partial charge is 0.249 e. The normalized spacial score (nSPS) is 19.6. The Morgan fingerprint density at radius 2 is 2.20 bits per heavy atom. The highest BCUT2D eigenvalue weighted by Crippen LogP contribution is 2.15. The van der Waals surface area contributed by atoms with Crippen LogP contribution in [-0.2, 0) is 20.7 Å². The van der Waals surface area contributed by atoms with Crippen LogP contribution in [0.5, 0.6) is 0 Å². The molecule has 1 aromatic rings. The van der Waals surface area contributed by atoms with E-state index < -0.39 is 18.1 Å². The van der Waals surface area contributed by atoms with Gasteiger partial charge in [-0.1, -0.05) is 18.2 Å². The van der Waals surface area contributed by atoms with Crippen LogP contribution in [0.3, 0.4) is 0 Å². The lowest BCUT2D eigenvalue weighted by Crippen LogP contribution is -2.49. The average Bonchev–Trinajstić information content (AvgIpc) is 2.94. The Balaban J connectivity index is 2.02. The lowest BCUT2D eigenvalue weighted by molar-refractivity contribution is -0.133. The number of hydrogen-bond acceptors (Lipinski definition) is 3. The first kappa shape index (κ1) is 15.2.